The van der Waals surface area contributed by atoms with Crippen molar-refractivity contribution in [2.75, 3.05) is 0 Å². The number of rotatable bonds is 5. The van der Waals surface area contributed by atoms with E-state index in [1.54, 1.807) is 30.3 Å². The summed E-state index contributed by atoms with van der Waals surface area (Å²) in [7, 11) is 0. The molecule has 1 rings (SSSR count). The summed E-state index contributed by atoms with van der Waals surface area (Å²) < 4.78 is 62.1. The van der Waals surface area contributed by atoms with E-state index >= 15 is 0 Å². The average Bonchev–Trinajstić information content (AvgIpc) is 2.35. The predicted molar refractivity (Wildman–Crippen MR) is 59.2 cm³/mol. The monoisotopic (exact) mass is 265 g/mol. The lowest BCUT2D eigenvalue weighted by Crippen LogP contribution is -2.30. The first-order chi connectivity index (χ1) is 8.43. The third-order valence-corrected chi connectivity index (χ3v) is 2.35. The van der Waals surface area contributed by atoms with Crippen LogP contribution in [0.2, 0.25) is 0 Å². The van der Waals surface area contributed by atoms with Gasteiger partial charge >= 0.3 is 0 Å². The number of benzene rings is 1. The van der Waals surface area contributed by atoms with E-state index in [0.29, 0.717) is 5.56 Å². The first-order valence-electron chi connectivity index (χ1n) is 5.26. The van der Waals surface area contributed by atoms with Crippen molar-refractivity contribution < 1.29 is 22.0 Å². The molecule has 1 aromatic rings. The van der Waals surface area contributed by atoms with Gasteiger partial charge in [0.25, 0.3) is 12.9 Å². The Morgan fingerprint density at radius 2 is 1.56 bits per heavy atom. The van der Waals surface area contributed by atoms with E-state index in [9.17, 15) is 22.0 Å². The van der Waals surface area contributed by atoms with Crippen LogP contribution >= 0.6 is 0 Å². The van der Waals surface area contributed by atoms with Crippen molar-refractivity contribution in [3.05, 3.63) is 35.9 Å². The second-order valence-corrected chi connectivity index (χ2v) is 3.68. The maximum atomic E-state index is 13.0. The molecule has 0 N–H and O–H groups in total. The van der Waals surface area contributed by atoms with E-state index in [1.165, 1.54) is 6.92 Å². The summed E-state index contributed by atoms with van der Waals surface area (Å²) in [6.45, 7) is 1.44. The quantitative estimate of drug-likeness (QED) is 0.562. The van der Waals surface area contributed by atoms with E-state index < -0.39 is 30.8 Å². The molecule has 0 amide bonds. The molecule has 0 radical (unpaired) electrons. The molecule has 0 fully saturated rings. The summed E-state index contributed by atoms with van der Waals surface area (Å²) in [6.07, 6.45) is -9.86. The van der Waals surface area contributed by atoms with Crippen molar-refractivity contribution in [2.24, 2.45) is 4.99 Å². The Bertz CT molecular complexity index is 391. The fraction of sp³-hybridized carbons (Fsp3) is 0.417. The largest absolute Gasteiger partial charge is 0.279 e. The SMILES string of the molecule is C[C@H](N=C(C(F)F)C(F)C(F)F)c1ccccc1. The third kappa shape index (κ3) is 3.78. The fourth-order valence-electron chi connectivity index (χ4n) is 1.41. The maximum absolute atomic E-state index is 13.0. The zero-order valence-electron chi connectivity index (χ0n) is 9.53. The van der Waals surface area contributed by atoms with Crippen molar-refractivity contribution in [2.45, 2.75) is 32.0 Å². The minimum absolute atomic E-state index is 0.553. The molecule has 0 aliphatic rings. The molecule has 0 aliphatic carbocycles. The normalized spacial score (nSPS) is 16.1. The van der Waals surface area contributed by atoms with Crippen LogP contribution in [-0.4, -0.2) is 24.7 Å². The van der Waals surface area contributed by atoms with Crippen LogP contribution in [0.15, 0.2) is 35.3 Å². The highest BCUT2D eigenvalue weighted by molar-refractivity contribution is 5.92. The van der Waals surface area contributed by atoms with Crippen molar-refractivity contribution >= 4 is 5.71 Å². The Morgan fingerprint density at radius 3 is 2.00 bits per heavy atom. The Labute approximate surface area is 101 Å². The minimum atomic E-state index is -3.50. The van der Waals surface area contributed by atoms with Gasteiger partial charge in [0.1, 0.15) is 5.71 Å². The molecule has 100 valence electrons. The molecule has 2 atom stereocenters. The van der Waals surface area contributed by atoms with Gasteiger partial charge in [0.05, 0.1) is 6.04 Å². The van der Waals surface area contributed by atoms with E-state index in [2.05, 4.69) is 4.99 Å². The van der Waals surface area contributed by atoms with Crippen molar-refractivity contribution in [3.63, 3.8) is 0 Å². The van der Waals surface area contributed by atoms with E-state index in [1.807, 2.05) is 0 Å². The molecule has 0 aromatic heterocycles. The summed E-state index contributed by atoms with van der Waals surface area (Å²) in [5, 5.41) is 0. The fourth-order valence-corrected chi connectivity index (χ4v) is 1.41. The van der Waals surface area contributed by atoms with Crippen molar-refractivity contribution in [1.82, 2.24) is 0 Å². The highest BCUT2D eigenvalue weighted by Gasteiger charge is 2.32. The summed E-state index contributed by atoms with van der Waals surface area (Å²) >= 11 is 0. The summed E-state index contributed by atoms with van der Waals surface area (Å²) in [6, 6.07) is 7.43. The van der Waals surface area contributed by atoms with Gasteiger partial charge in [-0.1, -0.05) is 30.3 Å². The molecule has 0 spiro atoms. The molecule has 0 saturated heterocycles. The number of aliphatic imine (C=N–C) groups is 1. The van der Waals surface area contributed by atoms with Gasteiger partial charge in [0.2, 0.25) is 6.17 Å². The van der Waals surface area contributed by atoms with Crippen LogP contribution in [-0.2, 0) is 0 Å². The number of halogens is 5. The molecule has 1 nitrogen and oxygen atoms in total. The van der Waals surface area contributed by atoms with Gasteiger partial charge in [-0.15, -0.1) is 0 Å². The van der Waals surface area contributed by atoms with Crippen LogP contribution in [0.25, 0.3) is 0 Å². The Kier molecular flexibility index (Phi) is 5.25. The molecule has 0 saturated carbocycles. The maximum Gasteiger partial charge on any atom is 0.279 e. The topological polar surface area (TPSA) is 12.4 Å². The second kappa shape index (κ2) is 6.47. The van der Waals surface area contributed by atoms with Crippen molar-refractivity contribution in [1.29, 1.82) is 0 Å². The number of nitrogens with zero attached hydrogens (tertiary/aromatic N) is 1. The highest BCUT2D eigenvalue weighted by Crippen LogP contribution is 2.21. The van der Waals surface area contributed by atoms with Gasteiger partial charge in [-0.05, 0) is 12.5 Å². The molecule has 1 unspecified atom stereocenters. The summed E-state index contributed by atoms with van der Waals surface area (Å²) in [4.78, 5) is 3.38. The minimum Gasteiger partial charge on any atom is -0.277 e. The molecule has 0 bridgehead atoms. The van der Waals surface area contributed by atoms with E-state index in [0.717, 1.165) is 0 Å². The third-order valence-electron chi connectivity index (χ3n) is 2.35. The van der Waals surface area contributed by atoms with Crippen molar-refractivity contribution in [3.8, 4) is 0 Å². The standard InChI is InChI=1S/C12H12F5N/c1-7(8-5-3-2-4-6-8)18-10(12(16)17)9(13)11(14)15/h2-7,9,11-12H,1H3/t7-,9?/m0/s1. The second-order valence-electron chi connectivity index (χ2n) is 3.68. The Morgan fingerprint density at radius 1 is 1.00 bits per heavy atom. The van der Waals surface area contributed by atoms with Crippen LogP contribution in [0, 0.1) is 0 Å². The lowest BCUT2D eigenvalue weighted by atomic mass is 10.1. The molecular weight excluding hydrogens is 253 g/mol. The molecule has 0 aliphatic heterocycles. The smallest absolute Gasteiger partial charge is 0.277 e. The van der Waals surface area contributed by atoms with Gasteiger partial charge in [0.15, 0.2) is 0 Å². The average molecular weight is 265 g/mol. The zero-order chi connectivity index (χ0) is 13.7. The van der Waals surface area contributed by atoms with Gasteiger partial charge in [0, 0.05) is 0 Å². The number of alkyl halides is 5. The van der Waals surface area contributed by atoms with E-state index in [4.69, 9.17) is 0 Å². The summed E-state index contributed by atoms with van der Waals surface area (Å²) in [5.41, 5.74) is -0.849. The van der Waals surface area contributed by atoms with Gasteiger partial charge in [-0.2, -0.15) is 0 Å². The zero-order valence-corrected chi connectivity index (χ0v) is 9.53. The lowest BCUT2D eigenvalue weighted by Gasteiger charge is -2.14. The predicted octanol–water partition coefficient (Wildman–Crippen LogP) is 4.06. The molecular formula is C12H12F5N. The lowest BCUT2D eigenvalue weighted by molar-refractivity contribution is 0.0748. The van der Waals surface area contributed by atoms with Crippen LogP contribution in [0.5, 0.6) is 0 Å². The first-order valence-corrected chi connectivity index (χ1v) is 5.26. The molecule has 6 heteroatoms. The Balaban J connectivity index is 2.96. The molecule has 1 aromatic carbocycles. The van der Waals surface area contributed by atoms with E-state index in [-0.39, 0.29) is 0 Å². The molecule has 18 heavy (non-hydrogen) atoms. The Hall–Kier alpha value is -1.46. The van der Waals surface area contributed by atoms with Crippen LogP contribution in [0.4, 0.5) is 22.0 Å². The highest BCUT2D eigenvalue weighted by atomic mass is 19.3. The van der Waals surface area contributed by atoms with Crippen LogP contribution < -0.4 is 0 Å². The van der Waals surface area contributed by atoms with Gasteiger partial charge in [-0.3, -0.25) is 4.99 Å². The molecule has 0 heterocycles. The van der Waals surface area contributed by atoms with Gasteiger partial charge < -0.3 is 0 Å². The number of hydrogen-bond donors (Lipinski definition) is 0. The first kappa shape index (κ1) is 14.6. The van der Waals surface area contributed by atoms with Crippen LogP contribution in [0.3, 0.4) is 0 Å². The van der Waals surface area contributed by atoms with Crippen LogP contribution in [0.1, 0.15) is 18.5 Å². The summed E-state index contributed by atoms with van der Waals surface area (Å²) in [5.74, 6) is 0. The number of hydrogen-bond acceptors (Lipinski definition) is 1. The van der Waals surface area contributed by atoms with Gasteiger partial charge in [-0.25, -0.2) is 22.0 Å².